The van der Waals surface area contributed by atoms with Crippen LogP contribution in [0.25, 0.3) is 0 Å². The number of hydrogen-bond acceptors (Lipinski definition) is 8. The number of benzene rings is 2. The molecule has 0 saturated carbocycles. The normalized spacial score (nSPS) is 16.1. The van der Waals surface area contributed by atoms with Crippen LogP contribution in [0, 0.1) is 0 Å². The highest BCUT2D eigenvalue weighted by atomic mass is 16.6. The number of carbonyl (C=O) groups is 1. The van der Waals surface area contributed by atoms with Crippen molar-refractivity contribution in [2.24, 2.45) is 0 Å². The van der Waals surface area contributed by atoms with Crippen LogP contribution in [0.2, 0.25) is 0 Å². The van der Waals surface area contributed by atoms with E-state index in [0.29, 0.717) is 72.5 Å². The first-order valence-electron chi connectivity index (χ1n) is 15.2. The molecule has 0 N–H and O–H groups in total. The van der Waals surface area contributed by atoms with Crippen LogP contribution in [0.4, 0.5) is 0 Å². The van der Waals surface area contributed by atoms with Crippen LogP contribution in [0.1, 0.15) is 30.0 Å². The molecule has 234 valence electrons. The molecule has 1 aliphatic rings. The summed E-state index contributed by atoms with van der Waals surface area (Å²) in [5, 5.41) is 0. The van der Waals surface area contributed by atoms with Crippen molar-refractivity contribution in [3.63, 3.8) is 0 Å². The summed E-state index contributed by atoms with van der Waals surface area (Å²) < 4.78 is 33.0. The summed E-state index contributed by atoms with van der Waals surface area (Å²) in [6, 6.07) is 20.5. The van der Waals surface area contributed by atoms with Gasteiger partial charge < -0.3 is 33.3 Å². The van der Waals surface area contributed by atoms with Crippen molar-refractivity contribution in [1.29, 1.82) is 0 Å². The van der Waals surface area contributed by atoms with Gasteiger partial charge in [-0.3, -0.25) is 9.69 Å². The van der Waals surface area contributed by atoms with Crippen molar-refractivity contribution in [3.8, 4) is 0 Å². The van der Waals surface area contributed by atoms with Gasteiger partial charge in [-0.05, 0) is 24.0 Å². The number of carbonyl (C=O) groups excluding carboxylic acids is 1. The summed E-state index contributed by atoms with van der Waals surface area (Å²) in [5.41, 5.74) is 2.35. The average molecular weight is 587 g/mol. The standard InChI is InChI=1S/C33H50N2O7/c1-34(33(36)14-13-29-9-5-3-6-10-29)32(30-11-7-4-8-12-30)28-35-16-15-31(27-35)42-26-25-41-24-23-40-22-21-39-20-19-38-18-17-37-2/h3-12,31-32H,13-28H2,1-2H3/t31-,32+/m0/s1. The molecular weight excluding hydrogens is 536 g/mol. The fourth-order valence-electron chi connectivity index (χ4n) is 4.89. The van der Waals surface area contributed by atoms with Crippen LogP contribution in [0.5, 0.6) is 0 Å². The molecule has 0 aliphatic carbocycles. The van der Waals surface area contributed by atoms with E-state index in [-0.39, 0.29) is 18.1 Å². The maximum Gasteiger partial charge on any atom is 0.223 e. The van der Waals surface area contributed by atoms with Gasteiger partial charge in [0.2, 0.25) is 5.91 Å². The van der Waals surface area contributed by atoms with Gasteiger partial charge in [0, 0.05) is 40.2 Å². The number of likely N-dealkylation sites (N-methyl/N-ethyl adjacent to an activating group) is 1. The Kier molecular flexibility index (Phi) is 17.3. The lowest BCUT2D eigenvalue weighted by Gasteiger charge is -2.32. The van der Waals surface area contributed by atoms with Crippen molar-refractivity contribution in [3.05, 3.63) is 71.8 Å². The summed E-state index contributed by atoms with van der Waals surface area (Å²) in [5.74, 6) is 0.164. The Morgan fingerprint density at radius 1 is 0.810 bits per heavy atom. The van der Waals surface area contributed by atoms with Gasteiger partial charge in [-0.25, -0.2) is 0 Å². The van der Waals surface area contributed by atoms with Gasteiger partial charge in [-0.15, -0.1) is 0 Å². The number of aryl methyl sites for hydroxylation is 1. The lowest BCUT2D eigenvalue weighted by atomic mass is 10.0. The van der Waals surface area contributed by atoms with Crippen LogP contribution in [-0.2, 0) is 39.6 Å². The average Bonchev–Trinajstić information content (AvgIpc) is 3.48. The second kappa shape index (κ2) is 21.3. The smallest absolute Gasteiger partial charge is 0.223 e. The molecule has 2 aromatic rings. The predicted molar refractivity (Wildman–Crippen MR) is 163 cm³/mol. The third-order valence-electron chi connectivity index (χ3n) is 7.30. The Labute approximate surface area is 252 Å². The van der Waals surface area contributed by atoms with Gasteiger partial charge in [0.1, 0.15) is 0 Å². The third kappa shape index (κ3) is 13.7. The van der Waals surface area contributed by atoms with Crippen LogP contribution >= 0.6 is 0 Å². The number of ether oxygens (including phenoxy) is 6. The Morgan fingerprint density at radius 2 is 1.36 bits per heavy atom. The van der Waals surface area contributed by atoms with E-state index in [1.165, 1.54) is 5.56 Å². The number of amides is 1. The van der Waals surface area contributed by atoms with E-state index in [2.05, 4.69) is 29.2 Å². The molecule has 3 rings (SSSR count). The Bertz CT molecular complexity index is 950. The first kappa shape index (κ1) is 34.1. The second-order valence-electron chi connectivity index (χ2n) is 10.4. The van der Waals surface area contributed by atoms with E-state index >= 15 is 0 Å². The zero-order valence-corrected chi connectivity index (χ0v) is 25.5. The fraction of sp³-hybridized carbons (Fsp3) is 0.606. The van der Waals surface area contributed by atoms with Crippen LogP contribution in [0.3, 0.4) is 0 Å². The molecule has 1 fully saturated rings. The van der Waals surface area contributed by atoms with Crippen LogP contribution in [-0.4, -0.2) is 122 Å². The second-order valence-corrected chi connectivity index (χ2v) is 10.4. The zero-order valence-electron chi connectivity index (χ0n) is 25.5. The first-order chi connectivity index (χ1) is 20.7. The van der Waals surface area contributed by atoms with Crippen LogP contribution < -0.4 is 0 Å². The molecule has 2 atom stereocenters. The highest BCUT2D eigenvalue weighted by Crippen LogP contribution is 2.24. The molecule has 0 bridgehead atoms. The van der Waals surface area contributed by atoms with Gasteiger partial charge in [0.15, 0.2) is 0 Å². The van der Waals surface area contributed by atoms with Crippen molar-refractivity contribution in [2.45, 2.75) is 31.4 Å². The lowest BCUT2D eigenvalue weighted by Crippen LogP contribution is -2.39. The summed E-state index contributed by atoms with van der Waals surface area (Å²) in [4.78, 5) is 17.5. The number of likely N-dealkylation sites (tertiary alicyclic amines) is 1. The van der Waals surface area contributed by atoms with E-state index < -0.39 is 0 Å². The van der Waals surface area contributed by atoms with Gasteiger partial charge in [-0.2, -0.15) is 0 Å². The molecule has 2 aromatic carbocycles. The van der Waals surface area contributed by atoms with Crippen molar-refractivity contribution < 1.29 is 33.2 Å². The van der Waals surface area contributed by atoms with E-state index in [0.717, 1.165) is 38.0 Å². The molecule has 1 heterocycles. The largest absolute Gasteiger partial charge is 0.382 e. The SMILES string of the molecule is COCCOCCOCCOCCOCCO[C@H]1CCN(C[C@H](c2ccccc2)N(C)C(=O)CCc2ccccc2)C1. The van der Waals surface area contributed by atoms with Gasteiger partial charge in [0.05, 0.1) is 78.2 Å². The molecule has 0 aromatic heterocycles. The van der Waals surface area contributed by atoms with Crippen molar-refractivity contribution in [2.75, 3.05) is 99.9 Å². The molecule has 0 unspecified atom stereocenters. The molecule has 9 heteroatoms. The van der Waals surface area contributed by atoms with E-state index in [1.54, 1.807) is 7.11 Å². The molecule has 1 amide bonds. The van der Waals surface area contributed by atoms with Crippen LogP contribution in [0.15, 0.2) is 60.7 Å². The zero-order chi connectivity index (χ0) is 29.7. The Hall–Kier alpha value is -2.37. The Morgan fingerprint density at radius 3 is 1.95 bits per heavy atom. The molecule has 1 saturated heterocycles. The molecule has 42 heavy (non-hydrogen) atoms. The quantitative estimate of drug-likeness (QED) is 0.183. The number of nitrogens with zero attached hydrogens (tertiary/aromatic N) is 2. The van der Waals surface area contributed by atoms with Crippen molar-refractivity contribution in [1.82, 2.24) is 9.80 Å². The van der Waals surface area contributed by atoms with Crippen molar-refractivity contribution >= 4 is 5.91 Å². The minimum absolute atomic E-state index is 0.00353. The maximum absolute atomic E-state index is 13.2. The topological polar surface area (TPSA) is 78.9 Å². The highest BCUT2D eigenvalue weighted by Gasteiger charge is 2.29. The third-order valence-corrected chi connectivity index (χ3v) is 7.30. The molecule has 0 radical (unpaired) electrons. The molecule has 9 nitrogen and oxygen atoms in total. The number of hydrogen-bond donors (Lipinski definition) is 0. The monoisotopic (exact) mass is 586 g/mol. The molecular formula is C33H50N2O7. The Balaban J connectivity index is 1.27. The number of methoxy groups -OCH3 is 1. The lowest BCUT2D eigenvalue weighted by molar-refractivity contribution is -0.132. The minimum atomic E-state index is -0.00353. The highest BCUT2D eigenvalue weighted by molar-refractivity contribution is 5.76. The van der Waals surface area contributed by atoms with E-state index in [1.807, 2.05) is 48.3 Å². The molecule has 1 aliphatic heterocycles. The summed E-state index contributed by atoms with van der Waals surface area (Å²) in [6.07, 6.45) is 2.41. The molecule has 0 spiro atoms. The minimum Gasteiger partial charge on any atom is -0.382 e. The van der Waals surface area contributed by atoms with Gasteiger partial charge in [0.25, 0.3) is 0 Å². The predicted octanol–water partition coefficient (Wildman–Crippen LogP) is 3.62. The van der Waals surface area contributed by atoms with E-state index in [9.17, 15) is 4.79 Å². The maximum atomic E-state index is 13.2. The first-order valence-corrected chi connectivity index (χ1v) is 15.2. The fourth-order valence-corrected chi connectivity index (χ4v) is 4.89. The van der Waals surface area contributed by atoms with Gasteiger partial charge >= 0.3 is 0 Å². The summed E-state index contributed by atoms with van der Waals surface area (Å²) in [6.45, 7) is 8.13. The number of rotatable bonds is 23. The summed E-state index contributed by atoms with van der Waals surface area (Å²) >= 11 is 0. The van der Waals surface area contributed by atoms with E-state index in [4.69, 9.17) is 28.4 Å². The summed E-state index contributed by atoms with van der Waals surface area (Å²) in [7, 11) is 3.59. The van der Waals surface area contributed by atoms with Gasteiger partial charge in [-0.1, -0.05) is 60.7 Å².